The van der Waals surface area contributed by atoms with Crippen molar-refractivity contribution in [3.63, 3.8) is 0 Å². The van der Waals surface area contributed by atoms with Crippen molar-refractivity contribution in [1.29, 1.82) is 0 Å². The lowest BCUT2D eigenvalue weighted by Gasteiger charge is -2.12. The quantitative estimate of drug-likeness (QED) is 0.772. The van der Waals surface area contributed by atoms with Crippen LogP contribution in [0.4, 0.5) is 5.69 Å². The van der Waals surface area contributed by atoms with Crippen LogP contribution in [-0.2, 0) is 10.0 Å². The second kappa shape index (κ2) is 5.07. The third-order valence-corrected chi connectivity index (χ3v) is 3.42. The number of anilines is 1. The van der Waals surface area contributed by atoms with Crippen LogP contribution in [-0.4, -0.2) is 26.4 Å². The third kappa shape index (κ3) is 3.03. The molecule has 0 aliphatic rings. The molecule has 0 fully saturated rings. The van der Waals surface area contributed by atoms with Gasteiger partial charge in [0.15, 0.2) is 0 Å². The fourth-order valence-corrected chi connectivity index (χ4v) is 2.42. The summed E-state index contributed by atoms with van der Waals surface area (Å²) in [5, 5.41) is 9.55. The first-order valence-electron chi connectivity index (χ1n) is 4.86. The van der Waals surface area contributed by atoms with E-state index in [9.17, 15) is 13.5 Å². The number of hydrogen-bond acceptors (Lipinski definition) is 4. The van der Waals surface area contributed by atoms with Gasteiger partial charge in [-0.2, -0.15) is 0 Å². The maximum Gasteiger partial charge on any atom is 0.232 e. The predicted octanol–water partition coefficient (Wildman–Crippen LogP) is 1.55. The minimum atomic E-state index is -3.43. The largest absolute Gasteiger partial charge is 0.506 e. The third-order valence-electron chi connectivity index (χ3n) is 1.95. The molecule has 6 heteroatoms. The summed E-state index contributed by atoms with van der Waals surface area (Å²) in [5.41, 5.74) is 0.0819. The van der Waals surface area contributed by atoms with Gasteiger partial charge in [-0.05, 0) is 18.6 Å². The average Bonchev–Trinajstić information content (AvgIpc) is 2.20. The number of benzene rings is 1. The van der Waals surface area contributed by atoms with Crippen molar-refractivity contribution in [3.8, 4) is 11.5 Å². The lowest BCUT2D eigenvalue weighted by molar-refractivity contribution is 0.411. The van der Waals surface area contributed by atoms with Crippen molar-refractivity contribution in [2.75, 3.05) is 17.6 Å². The first-order valence-corrected chi connectivity index (χ1v) is 6.52. The van der Waals surface area contributed by atoms with E-state index in [1.54, 1.807) is 19.1 Å². The van der Waals surface area contributed by atoms with Crippen LogP contribution >= 0.6 is 0 Å². The molecule has 2 N–H and O–H groups in total. The van der Waals surface area contributed by atoms with Gasteiger partial charge < -0.3 is 9.84 Å². The van der Waals surface area contributed by atoms with Gasteiger partial charge in [0.25, 0.3) is 0 Å². The predicted molar refractivity (Wildman–Crippen MR) is 62.4 cm³/mol. The summed E-state index contributed by atoms with van der Waals surface area (Å²) in [5.74, 6) is 0.142. The van der Waals surface area contributed by atoms with Crippen molar-refractivity contribution >= 4 is 15.7 Å². The number of sulfonamides is 1. The second-order valence-electron chi connectivity index (χ2n) is 3.28. The van der Waals surface area contributed by atoms with Gasteiger partial charge in [-0.3, -0.25) is 4.72 Å². The normalized spacial score (nSPS) is 11.1. The molecule has 0 bridgehead atoms. The summed E-state index contributed by atoms with van der Waals surface area (Å²) in [7, 11) is -2.02. The van der Waals surface area contributed by atoms with Crippen molar-refractivity contribution in [2.24, 2.45) is 0 Å². The van der Waals surface area contributed by atoms with E-state index in [0.717, 1.165) is 0 Å². The number of para-hydroxylation sites is 1. The van der Waals surface area contributed by atoms with Crippen LogP contribution in [0.15, 0.2) is 18.2 Å². The van der Waals surface area contributed by atoms with Gasteiger partial charge in [0.1, 0.15) is 17.2 Å². The maximum absolute atomic E-state index is 11.5. The Bertz CT molecular complexity index is 456. The molecule has 5 nitrogen and oxygen atoms in total. The summed E-state index contributed by atoms with van der Waals surface area (Å²) >= 11 is 0. The Morgan fingerprint density at radius 1 is 1.44 bits per heavy atom. The topological polar surface area (TPSA) is 75.6 Å². The highest BCUT2D eigenvalue weighted by Crippen LogP contribution is 2.33. The van der Waals surface area contributed by atoms with Gasteiger partial charge in [0.2, 0.25) is 10.0 Å². The van der Waals surface area contributed by atoms with E-state index < -0.39 is 10.0 Å². The first kappa shape index (κ1) is 12.6. The van der Waals surface area contributed by atoms with E-state index in [-0.39, 0.29) is 17.2 Å². The fourth-order valence-electron chi connectivity index (χ4n) is 1.27. The summed E-state index contributed by atoms with van der Waals surface area (Å²) < 4.78 is 30.4. The molecule has 0 saturated carbocycles. The molecule has 0 atom stereocenters. The Kier molecular flexibility index (Phi) is 4.00. The molecular weight excluding hydrogens is 230 g/mol. The van der Waals surface area contributed by atoms with Crippen molar-refractivity contribution in [1.82, 2.24) is 0 Å². The van der Waals surface area contributed by atoms with Crippen LogP contribution in [0.1, 0.15) is 13.3 Å². The number of methoxy groups -OCH3 is 1. The van der Waals surface area contributed by atoms with Crippen molar-refractivity contribution in [3.05, 3.63) is 18.2 Å². The molecule has 16 heavy (non-hydrogen) atoms. The molecule has 0 heterocycles. The Hall–Kier alpha value is -1.43. The zero-order valence-corrected chi connectivity index (χ0v) is 10.0. The second-order valence-corrected chi connectivity index (χ2v) is 5.12. The molecule has 0 saturated heterocycles. The molecule has 0 spiro atoms. The molecule has 0 amide bonds. The van der Waals surface area contributed by atoms with E-state index in [1.165, 1.54) is 13.2 Å². The zero-order chi connectivity index (χ0) is 12.2. The van der Waals surface area contributed by atoms with E-state index in [4.69, 9.17) is 4.74 Å². The summed E-state index contributed by atoms with van der Waals surface area (Å²) in [6, 6.07) is 4.54. The highest BCUT2D eigenvalue weighted by atomic mass is 32.2. The summed E-state index contributed by atoms with van der Waals surface area (Å²) in [6.07, 6.45) is 0.505. The molecule has 0 aliphatic heterocycles. The Morgan fingerprint density at radius 3 is 2.69 bits per heavy atom. The fraction of sp³-hybridized carbons (Fsp3) is 0.400. The SMILES string of the molecule is CCCS(=O)(=O)Nc1c(O)cccc1OC. The van der Waals surface area contributed by atoms with Gasteiger partial charge in [-0.1, -0.05) is 13.0 Å². The number of phenolic OH excluding ortho intramolecular Hbond substituents is 1. The standard InChI is InChI=1S/C10H15NO4S/c1-3-7-16(13,14)11-10-8(12)5-4-6-9(10)15-2/h4-6,11-12H,3,7H2,1-2H3. The van der Waals surface area contributed by atoms with Crippen LogP contribution in [0.25, 0.3) is 0 Å². The highest BCUT2D eigenvalue weighted by molar-refractivity contribution is 7.92. The molecule has 0 radical (unpaired) electrons. The van der Waals surface area contributed by atoms with Gasteiger partial charge in [0, 0.05) is 0 Å². The number of hydrogen-bond donors (Lipinski definition) is 2. The smallest absolute Gasteiger partial charge is 0.232 e. The van der Waals surface area contributed by atoms with Crippen molar-refractivity contribution in [2.45, 2.75) is 13.3 Å². The Labute approximate surface area is 95.1 Å². The van der Waals surface area contributed by atoms with E-state index in [0.29, 0.717) is 12.2 Å². The maximum atomic E-state index is 11.5. The lowest BCUT2D eigenvalue weighted by Crippen LogP contribution is -2.16. The molecular formula is C10H15NO4S. The van der Waals surface area contributed by atoms with Gasteiger partial charge in [-0.15, -0.1) is 0 Å². The molecule has 90 valence electrons. The van der Waals surface area contributed by atoms with Crippen LogP contribution in [0, 0.1) is 0 Å². The van der Waals surface area contributed by atoms with Crippen LogP contribution in [0.3, 0.4) is 0 Å². The zero-order valence-electron chi connectivity index (χ0n) is 9.23. The average molecular weight is 245 g/mol. The van der Waals surface area contributed by atoms with E-state index in [2.05, 4.69) is 4.72 Å². The van der Waals surface area contributed by atoms with Gasteiger partial charge in [0.05, 0.1) is 12.9 Å². The minimum Gasteiger partial charge on any atom is -0.506 e. The summed E-state index contributed by atoms with van der Waals surface area (Å²) in [6.45, 7) is 1.77. The number of ether oxygens (including phenoxy) is 1. The highest BCUT2D eigenvalue weighted by Gasteiger charge is 2.15. The Balaban J connectivity index is 3.05. The van der Waals surface area contributed by atoms with E-state index >= 15 is 0 Å². The molecule has 1 aromatic carbocycles. The van der Waals surface area contributed by atoms with Crippen LogP contribution in [0.5, 0.6) is 11.5 Å². The number of rotatable bonds is 5. The van der Waals surface area contributed by atoms with Crippen LogP contribution < -0.4 is 9.46 Å². The molecule has 1 aromatic rings. The number of nitrogens with one attached hydrogen (secondary N) is 1. The van der Waals surface area contributed by atoms with Gasteiger partial charge in [-0.25, -0.2) is 8.42 Å². The summed E-state index contributed by atoms with van der Waals surface area (Å²) in [4.78, 5) is 0. The van der Waals surface area contributed by atoms with Crippen molar-refractivity contribution < 1.29 is 18.3 Å². The minimum absolute atomic E-state index is 0.00445. The molecule has 1 rings (SSSR count). The lowest BCUT2D eigenvalue weighted by atomic mass is 10.3. The van der Waals surface area contributed by atoms with Crippen LogP contribution in [0.2, 0.25) is 0 Å². The number of aromatic hydroxyl groups is 1. The first-order chi connectivity index (χ1) is 7.50. The monoisotopic (exact) mass is 245 g/mol. The molecule has 0 unspecified atom stereocenters. The molecule has 0 aliphatic carbocycles. The van der Waals surface area contributed by atoms with E-state index in [1.807, 2.05) is 0 Å². The number of phenols is 1. The molecule has 0 aromatic heterocycles. The van der Waals surface area contributed by atoms with Gasteiger partial charge >= 0.3 is 0 Å². The Morgan fingerprint density at radius 2 is 2.12 bits per heavy atom.